The van der Waals surface area contributed by atoms with E-state index in [1.807, 2.05) is 23.6 Å². The quantitative estimate of drug-likeness (QED) is 0.746. The highest BCUT2D eigenvalue weighted by molar-refractivity contribution is 5.74. The second-order valence-corrected chi connectivity index (χ2v) is 4.05. The van der Waals surface area contributed by atoms with E-state index < -0.39 is 0 Å². The van der Waals surface area contributed by atoms with Crippen LogP contribution in [0.15, 0.2) is 0 Å². The van der Waals surface area contributed by atoms with E-state index in [9.17, 15) is 4.79 Å². The monoisotopic (exact) mass is 213 g/mol. The minimum atomic E-state index is 0.191. The van der Waals surface area contributed by atoms with Crippen molar-refractivity contribution in [3.05, 3.63) is 0 Å². The highest BCUT2D eigenvalue weighted by Crippen LogP contribution is 2.07. The van der Waals surface area contributed by atoms with E-state index in [0.29, 0.717) is 6.04 Å². The molecule has 1 aliphatic rings. The molecule has 1 saturated heterocycles. The Kier molecular flexibility index (Phi) is 4.88. The summed E-state index contributed by atoms with van der Waals surface area (Å²) in [4.78, 5) is 16.0. The van der Waals surface area contributed by atoms with Crippen LogP contribution < -0.4 is 5.32 Å². The highest BCUT2D eigenvalue weighted by Gasteiger charge is 2.24. The summed E-state index contributed by atoms with van der Waals surface area (Å²) >= 11 is 0. The molecule has 1 heterocycles. The Labute approximate surface area is 92.6 Å². The first-order chi connectivity index (χ1) is 7.20. The van der Waals surface area contributed by atoms with Gasteiger partial charge in [0, 0.05) is 32.2 Å². The first-order valence-electron chi connectivity index (χ1n) is 5.97. The molecule has 4 heteroatoms. The molecule has 1 rings (SSSR count). The van der Waals surface area contributed by atoms with Crippen LogP contribution in [0.4, 0.5) is 4.79 Å². The summed E-state index contributed by atoms with van der Waals surface area (Å²) in [6, 6.07) is 0.497. The fourth-order valence-electron chi connectivity index (χ4n) is 1.98. The molecule has 0 aromatic carbocycles. The molecular weight excluding hydrogens is 190 g/mol. The maximum absolute atomic E-state index is 12.1. The second kappa shape index (κ2) is 5.95. The molecule has 88 valence electrons. The van der Waals surface area contributed by atoms with Gasteiger partial charge in [-0.25, -0.2) is 4.79 Å². The summed E-state index contributed by atoms with van der Waals surface area (Å²) in [5.41, 5.74) is 0. The van der Waals surface area contributed by atoms with Gasteiger partial charge in [-0.2, -0.15) is 0 Å². The molecule has 0 bridgehead atoms. The first kappa shape index (κ1) is 12.3. The molecule has 1 fully saturated rings. The molecular formula is C11H23N3O. The van der Waals surface area contributed by atoms with Crippen LogP contribution in [0.25, 0.3) is 0 Å². The van der Waals surface area contributed by atoms with E-state index in [1.165, 1.54) is 0 Å². The Bertz CT molecular complexity index is 204. The zero-order valence-electron chi connectivity index (χ0n) is 10.1. The Morgan fingerprint density at radius 3 is 2.73 bits per heavy atom. The van der Waals surface area contributed by atoms with Crippen molar-refractivity contribution in [3.8, 4) is 0 Å². The zero-order chi connectivity index (χ0) is 11.3. The van der Waals surface area contributed by atoms with E-state index in [-0.39, 0.29) is 6.03 Å². The number of hydrogen-bond acceptors (Lipinski definition) is 2. The molecule has 0 saturated carbocycles. The number of rotatable bonds is 2. The average molecular weight is 213 g/mol. The van der Waals surface area contributed by atoms with Crippen LogP contribution in [0.3, 0.4) is 0 Å². The van der Waals surface area contributed by atoms with Gasteiger partial charge in [0.25, 0.3) is 0 Å². The van der Waals surface area contributed by atoms with Gasteiger partial charge in [-0.15, -0.1) is 0 Å². The van der Waals surface area contributed by atoms with Crippen LogP contribution in [0.1, 0.15) is 27.2 Å². The predicted molar refractivity (Wildman–Crippen MR) is 62.0 cm³/mol. The maximum Gasteiger partial charge on any atom is 0.320 e. The zero-order valence-corrected chi connectivity index (χ0v) is 10.1. The molecule has 0 aliphatic carbocycles. The lowest BCUT2D eigenvalue weighted by Crippen LogP contribution is -2.48. The van der Waals surface area contributed by atoms with Crippen molar-refractivity contribution >= 4 is 6.03 Å². The van der Waals surface area contributed by atoms with E-state index in [1.54, 1.807) is 0 Å². The number of nitrogens with zero attached hydrogens (tertiary/aromatic N) is 2. The third-order valence-corrected chi connectivity index (χ3v) is 3.00. The summed E-state index contributed by atoms with van der Waals surface area (Å²) in [6.07, 6.45) is 1.05. The van der Waals surface area contributed by atoms with Crippen LogP contribution in [-0.2, 0) is 0 Å². The number of carbonyl (C=O) groups excluding carboxylic acids is 1. The summed E-state index contributed by atoms with van der Waals surface area (Å²) in [7, 11) is 0. The molecule has 15 heavy (non-hydrogen) atoms. The Morgan fingerprint density at radius 1 is 1.47 bits per heavy atom. The van der Waals surface area contributed by atoms with Gasteiger partial charge in [0.1, 0.15) is 0 Å². The Balaban J connectivity index is 2.62. The number of nitrogens with one attached hydrogen (secondary N) is 1. The maximum atomic E-state index is 12.1. The Hall–Kier alpha value is -0.770. The highest BCUT2D eigenvalue weighted by atomic mass is 16.2. The van der Waals surface area contributed by atoms with E-state index in [0.717, 1.165) is 39.1 Å². The molecule has 0 aromatic heterocycles. The smallest absolute Gasteiger partial charge is 0.320 e. The van der Waals surface area contributed by atoms with Gasteiger partial charge in [0.2, 0.25) is 0 Å². The molecule has 1 unspecified atom stereocenters. The number of hydrogen-bond donors (Lipinski definition) is 1. The minimum Gasteiger partial charge on any atom is -0.325 e. The fraction of sp³-hybridized carbons (Fsp3) is 0.909. The second-order valence-electron chi connectivity index (χ2n) is 4.05. The summed E-state index contributed by atoms with van der Waals surface area (Å²) in [5, 5.41) is 3.34. The van der Waals surface area contributed by atoms with Gasteiger partial charge in [-0.05, 0) is 33.7 Å². The molecule has 0 radical (unpaired) electrons. The lowest BCUT2D eigenvalue weighted by molar-refractivity contribution is 0.144. The summed E-state index contributed by atoms with van der Waals surface area (Å²) in [6.45, 7) is 10.6. The van der Waals surface area contributed by atoms with Crippen molar-refractivity contribution < 1.29 is 4.79 Å². The van der Waals surface area contributed by atoms with Gasteiger partial charge in [-0.1, -0.05) is 0 Å². The van der Waals surface area contributed by atoms with Gasteiger partial charge < -0.3 is 15.1 Å². The van der Waals surface area contributed by atoms with Crippen molar-refractivity contribution in [3.63, 3.8) is 0 Å². The predicted octanol–water partition coefficient (Wildman–Crippen LogP) is 1.13. The third kappa shape index (κ3) is 3.09. The van der Waals surface area contributed by atoms with Crippen molar-refractivity contribution in [2.24, 2.45) is 0 Å². The fourth-order valence-corrected chi connectivity index (χ4v) is 1.98. The van der Waals surface area contributed by atoms with Crippen LogP contribution >= 0.6 is 0 Å². The third-order valence-electron chi connectivity index (χ3n) is 3.00. The standard InChI is InChI=1S/C11H23N3O/c1-4-13(5-2)11(15)14-8-6-7-12-9-10(14)3/h10,12H,4-9H2,1-3H3. The van der Waals surface area contributed by atoms with Crippen molar-refractivity contribution in [1.29, 1.82) is 0 Å². The molecule has 4 nitrogen and oxygen atoms in total. The van der Waals surface area contributed by atoms with E-state index >= 15 is 0 Å². The molecule has 0 spiro atoms. The number of amides is 2. The van der Waals surface area contributed by atoms with Crippen molar-refractivity contribution in [2.45, 2.75) is 33.2 Å². The average Bonchev–Trinajstić information content (AvgIpc) is 2.44. The van der Waals surface area contributed by atoms with Gasteiger partial charge in [0.15, 0.2) is 0 Å². The Morgan fingerprint density at radius 2 is 2.13 bits per heavy atom. The molecule has 2 amide bonds. The molecule has 0 aromatic rings. The van der Waals surface area contributed by atoms with Gasteiger partial charge in [0.05, 0.1) is 0 Å². The number of carbonyl (C=O) groups is 1. The topological polar surface area (TPSA) is 35.6 Å². The largest absolute Gasteiger partial charge is 0.325 e. The lowest BCUT2D eigenvalue weighted by atomic mass is 10.3. The lowest BCUT2D eigenvalue weighted by Gasteiger charge is -2.32. The molecule has 1 atom stereocenters. The minimum absolute atomic E-state index is 0.191. The SMILES string of the molecule is CCN(CC)C(=O)N1CCCNCC1C. The van der Waals surface area contributed by atoms with Crippen LogP contribution in [-0.4, -0.2) is 54.6 Å². The van der Waals surface area contributed by atoms with Crippen LogP contribution in [0, 0.1) is 0 Å². The molecule has 1 aliphatic heterocycles. The normalized spacial score (nSPS) is 22.3. The van der Waals surface area contributed by atoms with Crippen LogP contribution in [0.2, 0.25) is 0 Å². The summed E-state index contributed by atoms with van der Waals surface area (Å²) in [5.74, 6) is 0. The van der Waals surface area contributed by atoms with Crippen LogP contribution in [0.5, 0.6) is 0 Å². The first-order valence-corrected chi connectivity index (χ1v) is 5.97. The van der Waals surface area contributed by atoms with E-state index in [2.05, 4.69) is 12.2 Å². The number of urea groups is 1. The van der Waals surface area contributed by atoms with Gasteiger partial charge >= 0.3 is 6.03 Å². The van der Waals surface area contributed by atoms with Crippen molar-refractivity contribution in [2.75, 3.05) is 32.7 Å². The molecule has 1 N–H and O–H groups in total. The van der Waals surface area contributed by atoms with Gasteiger partial charge in [-0.3, -0.25) is 0 Å². The summed E-state index contributed by atoms with van der Waals surface area (Å²) < 4.78 is 0. The van der Waals surface area contributed by atoms with Crippen molar-refractivity contribution in [1.82, 2.24) is 15.1 Å². The van der Waals surface area contributed by atoms with E-state index in [4.69, 9.17) is 0 Å².